The minimum absolute atomic E-state index is 0.195. The molecule has 0 radical (unpaired) electrons. The zero-order valence-electron chi connectivity index (χ0n) is 11.6. The molecule has 7 heteroatoms. The molecule has 0 bridgehead atoms. The second-order valence-electron chi connectivity index (χ2n) is 5.55. The van der Waals surface area contributed by atoms with Gasteiger partial charge in [0.15, 0.2) is 0 Å². The van der Waals surface area contributed by atoms with Crippen molar-refractivity contribution in [2.75, 3.05) is 23.7 Å². The molecule has 1 fully saturated rings. The summed E-state index contributed by atoms with van der Waals surface area (Å²) in [5, 5.41) is 5.85. The van der Waals surface area contributed by atoms with E-state index in [4.69, 9.17) is 0 Å². The maximum atomic E-state index is 12.8. The van der Waals surface area contributed by atoms with E-state index in [-0.39, 0.29) is 17.1 Å². The molecule has 2 N–H and O–H groups in total. The molecule has 0 aliphatic heterocycles. The Hall–Kier alpha value is -1.53. The molecule has 0 atom stereocenters. The summed E-state index contributed by atoms with van der Waals surface area (Å²) in [5.41, 5.74) is 0.195. The van der Waals surface area contributed by atoms with Crippen LogP contribution in [0.4, 0.5) is 24.8 Å². The Morgan fingerprint density at radius 1 is 1.20 bits per heavy atom. The second-order valence-corrected chi connectivity index (χ2v) is 5.55. The van der Waals surface area contributed by atoms with E-state index >= 15 is 0 Å². The van der Waals surface area contributed by atoms with Crippen LogP contribution in [0.5, 0.6) is 0 Å². The smallest absolute Gasteiger partial charge is 0.370 e. The van der Waals surface area contributed by atoms with Gasteiger partial charge in [-0.2, -0.15) is 13.2 Å². The maximum absolute atomic E-state index is 12.8. The third-order valence-corrected chi connectivity index (χ3v) is 3.34. The molecule has 1 saturated carbocycles. The first kappa shape index (κ1) is 14.9. The Labute approximate surface area is 116 Å². The summed E-state index contributed by atoms with van der Waals surface area (Å²) in [6.07, 6.45) is -1.54. The highest BCUT2D eigenvalue weighted by molar-refractivity contribution is 5.48. The molecule has 112 valence electrons. The van der Waals surface area contributed by atoms with E-state index in [9.17, 15) is 13.2 Å². The molecule has 4 nitrogen and oxygen atoms in total. The number of nitrogens with zero attached hydrogens (tertiary/aromatic N) is 2. The molecule has 1 aromatic heterocycles. The lowest BCUT2D eigenvalue weighted by molar-refractivity contribution is -0.144. The zero-order valence-corrected chi connectivity index (χ0v) is 11.6. The van der Waals surface area contributed by atoms with Crippen molar-refractivity contribution in [3.63, 3.8) is 0 Å². The fraction of sp³-hybridized carbons (Fsp3) is 0.692. The number of nitrogens with one attached hydrogen (secondary N) is 2. The Bertz CT molecular complexity index is 469. The maximum Gasteiger partial charge on any atom is 0.451 e. The highest BCUT2D eigenvalue weighted by Gasteiger charge is 2.38. The quantitative estimate of drug-likeness (QED) is 0.840. The topological polar surface area (TPSA) is 49.8 Å². The molecule has 2 rings (SSSR count). The van der Waals surface area contributed by atoms with Crippen molar-refractivity contribution >= 4 is 11.6 Å². The van der Waals surface area contributed by atoms with E-state index in [1.54, 1.807) is 0 Å². The summed E-state index contributed by atoms with van der Waals surface area (Å²) in [4.78, 5) is 7.07. The van der Waals surface area contributed by atoms with Crippen molar-refractivity contribution in [1.29, 1.82) is 0 Å². The van der Waals surface area contributed by atoms with E-state index in [2.05, 4.69) is 27.5 Å². The molecule has 0 unspecified atom stereocenters. The predicted molar refractivity (Wildman–Crippen MR) is 71.6 cm³/mol. The highest BCUT2D eigenvalue weighted by atomic mass is 19.4. The lowest BCUT2D eigenvalue weighted by Crippen LogP contribution is -2.18. The highest BCUT2D eigenvalue weighted by Crippen LogP contribution is 2.44. The molecule has 1 aliphatic rings. The van der Waals surface area contributed by atoms with Gasteiger partial charge in [0.2, 0.25) is 5.82 Å². The van der Waals surface area contributed by atoms with Gasteiger partial charge in [-0.15, -0.1) is 0 Å². The number of anilines is 2. The van der Waals surface area contributed by atoms with Gasteiger partial charge in [-0.05, 0) is 24.7 Å². The van der Waals surface area contributed by atoms with Crippen LogP contribution >= 0.6 is 0 Å². The van der Waals surface area contributed by atoms with Gasteiger partial charge in [-0.3, -0.25) is 0 Å². The van der Waals surface area contributed by atoms with Crippen LogP contribution in [0.3, 0.4) is 0 Å². The molecular formula is C13H19F3N4. The Kier molecular flexibility index (Phi) is 4.06. The summed E-state index contributed by atoms with van der Waals surface area (Å²) in [5.74, 6) is -0.682. The Morgan fingerprint density at radius 2 is 1.80 bits per heavy atom. The van der Waals surface area contributed by atoms with E-state index in [1.807, 2.05) is 6.92 Å². The van der Waals surface area contributed by atoms with E-state index in [0.29, 0.717) is 13.1 Å². The minimum atomic E-state index is -4.54. The van der Waals surface area contributed by atoms with Crippen molar-refractivity contribution in [3.05, 3.63) is 11.9 Å². The first-order valence-electron chi connectivity index (χ1n) is 6.76. The molecule has 1 aliphatic carbocycles. The van der Waals surface area contributed by atoms with Gasteiger partial charge in [-0.1, -0.05) is 13.8 Å². The fourth-order valence-electron chi connectivity index (χ4n) is 1.70. The van der Waals surface area contributed by atoms with Crippen LogP contribution in [-0.4, -0.2) is 23.1 Å². The molecule has 0 saturated heterocycles. The largest absolute Gasteiger partial charge is 0.451 e. The average molecular weight is 288 g/mol. The van der Waals surface area contributed by atoms with Crippen molar-refractivity contribution in [3.8, 4) is 0 Å². The molecule has 0 aromatic carbocycles. The zero-order chi connectivity index (χ0) is 14.8. The summed E-state index contributed by atoms with van der Waals surface area (Å²) in [7, 11) is 0. The number of alkyl halides is 3. The number of hydrogen-bond donors (Lipinski definition) is 2. The van der Waals surface area contributed by atoms with Crippen LogP contribution in [0, 0.1) is 5.41 Å². The molecule has 0 spiro atoms. The van der Waals surface area contributed by atoms with Gasteiger partial charge in [0.05, 0.1) is 0 Å². The normalized spacial score (nSPS) is 16.9. The van der Waals surface area contributed by atoms with Crippen molar-refractivity contribution in [2.45, 2.75) is 39.3 Å². The van der Waals surface area contributed by atoms with Gasteiger partial charge in [-0.25, -0.2) is 9.97 Å². The first-order valence-corrected chi connectivity index (χ1v) is 6.76. The van der Waals surface area contributed by atoms with E-state index in [0.717, 1.165) is 19.3 Å². The SMILES string of the molecule is CCCNc1cc(NCC2(C)CC2)nc(C(F)(F)F)n1. The lowest BCUT2D eigenvalue weighted by atomic mass is 10.1. The first-order chi connectivity index (χ1) is 9.32. The monoisotopic (exact) mass is 288 g/mol. The van der Waals surface area contributed by atoms with Crippen LogP contribution in [0.25, 0.3) is 0 Å². The van der Waals surface area contributed by atoms with Crippen molar-refractivity contribution in [1.82, 2.24) is 9.97 Å². The van der Waals surface area contributed by atoms with Gasteiger partial charge in [0.25, 0.3) is 0 Å². The number of halogens is 3. The van der Waals surface area contributed by atoms with Crippen LogP contribution in [0.15, 0.2) is 6.07 Å². The van der Waals surface area contributed by atoms with Crippen LogP contribution in [0.2, 0.25) is 0 Å². The van der Waals surface area contributed by atoms with Gasteiger partial charge in [0.1, 0.15) is 11.6 Å². The third kappa shape index (κ3) is 3.98. The minimum Gasteiger partial charge on any atom is -0.370 e. The summed E-state index contributed by atoms with van der Waals surface area (Å²) in [6.45, 7) is 5.24. The van der Waals surface area contributed by atoms with Crippen LogP contribution in [0.1, 0.15) is 38.9 Å². The fourth-order valence-corrected chi connectivity index (χ4v) is 1.70. The third-order valence-electron chi connectivity index (χ3n) is 3.34. The molecule has 20 heavy (non-hydrogen) atoms. The predicted octanol–water partition coefficient (Wildman–Crippen LogP) is 3.53. The summed E-state index contributed by atoms with van der Waals surface area (Å²) < 4.78 is 38.3. The van der Waals surface area contributed by atoms with Crippen LogP contribution < -0.4 is 10.6 Å². The van der Waals surface area contributed by atoms with E-state index in [1.165, 1.54) is 6.07 Å². The second kappa shape index (κ2) is 5.46. The molecule has 1 aromatic rings. The van der Waals surface area contributed by atoms with Gasteiger partial charge < -0.3 is 10.6 Å². The van der Waals surface area contributed by atoms with E-state index < -0.39 is 12.0 Å². The van der Waals surface area contributed by atoms with Gasteiger partial charge in [0, 0.05) is 19.2 Å². The molecule has 0 amide bonds. The van der Waals surface area contributed by atoms with Crippen molar-refractivity contribution in [2.24, 2.45) is 5.41 Å². The number of aromatic nitrogens is 2. The Morgan fingerprint density at radius 3 is 2.30 bits per heavy atom. The molecule has 1 heterocycles. The summed E-state index contributed by atoms with van der Waals surface area (Å²) >= 11 is 0. The summed E-state index contributed by atoms with van der Waals surface area (Å²) in [6, 6.07) is 1.52. The average Bonchev–Trinajstić information content (AvgIpc) is 3.11. The number of rotatable bonds is 6. The molecular weight excluding hydrogens is 269 g/mol. The lowest BCUT2D eigenvalue weighted by Gasteiger charge is -2.14. The Balaban J connectivity index is 2.15. The van der Waals surface area contributed by atoms with Gasteiger partial charge >= 0.3 is 6.18 Å². The van der Waals surface area contributed by atoms with Crippen LogP contribution in [-0.2, 0) is 6.18 Å². The van der Waals surface area contributed by atoms with Crippen molar-refractivity contribution < 1.29 is 13.2 Å². The number of hydrogen-bond acceptors (Lipinski definition) is 4. The standard InChI is InChI=1S/C13H19F3N4/c1-3-6-17-9-7-10(18-8-12(2)4-5-12)20-11(19-9)13(14,15)16/h7H,3-6,8H2,1-2H3,(H2,17,18,19,20).